The van der Waals surface area contributed by atoms with Crippen molar-refractivity contribution in [3.05, 3.63) is 53.6 Å². The van der Waals surface area contributed by atoms with Crippen molar-refractivity contribution in [2.45, 2.75) is 58.8 Å². The summed E-state index contributed by atoms with van der Waals surface area (Å²) in [7, 11) is 0. The third-order valence-electron chi connectivity index (χ3n) is 4.55. The molecule has 25 heavy (non-hydrogen) atoms. The molecule has 3 nitrogen and oxygen atoms in total. The van der Waals surface area contributed by atoms with E-state index in [0.717, 1.165) is 36.8 Å². The molecule has 134 valence electrons. The first-order valence-electron chi connectivity index (χ1n) is 9.28. The van der Waals surface area contributed by atoms with E-state index in [4.69, 9.17) is 9.84 Å². The highest BCUT2D eigenvalue weighted by molar-refractivity contribution is 5.74. The van der Waals surface area contributed by atoms with Gasteiger partial charge in [-0.1, -0.05) is 75.9 Å². The Balaban J connectivity index is 2.35. The van der Waals surface area contributed by atoms with Crippen LogP contribution in [0.15, 0.2) is 42.5 Å². The van der Waals surface area contributed by atoms with Gasteiger partial charge in [0.15, 0.2) is 0 Å². The van der Waals surface area contributed by atoms with Crippen LogP contribution < -0.4 is 4.74 Å². The highest BCUT2D eigenvalue weighted by Crippen LogP contribution is 2.34. The Hall–Kier alpha value is -2.29. The number of unbranched alkanes of at least 4 members (excludes halogenated alkanes) is 4. The molecule has 0 saturated heterocycles. The van der Waals surface area contributed by atoms with Gasteiger partial charge in [0.2, 0.25) is 0 Å². The first kappa shape index (κ1) is 19.0. The zero-order valence-electron chi connectivity index (χ0n) is 15.3. The number of rotatable bonds is 9. The van der Waals surface area contributed by atoms with E-state index in [2.05, 4.69) is 32.0 Å². The van der Waals surface area contributed by atoms with Crippen molar-refractivity contribution in [2.24, 2.45) is 0 Å². The van der Waals surface area contributed by atoms with E-state index in [9.17, 15) is 4.79 Å². The molecule has 0 heterocycles. The standard InChI is InChI=1S/C22H28O3/c1-3-5-6-7-8-14-20-19(15-11-16-21(20)25-22(23)24)18-13-10-9-12-17(18)4-2/h9-13,15-16H,3-8,14H2,1-2H3,(H,23,24). The number of carbonyl (C=O) groups is 1. The van der Waals surface area contributed by atoms with Crippen molar-refractivity contribution in [1.29, 1.82) is 0 Å². The highest BCUT2D eigenvalue weighted by Gasteiger charge is 2.15. The van der Waals surface area contributed by atoms with Gasteiger partial charge in [-0.15, -0.1) is 0 Å². The second-order valence-electron chi connectivity index (χ2n) is 6.33. The number of carboxylic acid groups (broad SMARTS) is 1. The average Bonchev–Trinajstić information content (AvgIpc) is 2.62. The lowest BCUT2D eigenvalue weighted by Gasteiger charge is -2.16. The van der Waals surface area contributed by atoms with Gasteiger partial charge in [-0.05, 0) is 42.0 Å². The van der Waals surface area contributed by atoms with Crippen LogP contribution in [-0.4, -0.2) is 11.3 Å². The van der Waals surface area contributed by atoms with Gasteiger partial charge in [0, 0.05) is 5.56 Å². The molecule has 2 rings (SSSR count). The van der Waals surface area contributed by atoms with Gasteiger partial charge in [-0.3, -0.25) is 0 Å². The SMILES string of the molecule is CCCCCCCc1c(OC(=O)O)cccc1-c1ccccc1CC. The van der Waals surface area contributed by atoms with Crippen molar-refractivity contribution in [1.82, 2.24) is 0 Å². The first-order chi connectivity index (χ1) is 12.2. The smallest absolute Gasteiger partial charge is 0.449 e. The minimum Gasteiger partial charge on any atom is -0.449 e. The van der Waals surface area contributed by atoms with E-state index in [1.165, 1.54) is 30.4 Å². The summed E-state index contributed by atoms with van der Waals surface area (Å²) >= 11 is 0. The molecule has 0 bridgehead atoms. The summed E-state index contributed by atoms with van der Waals surface area (Å²) in [5.41, 5.74) is 4.53. The van der Waals surface area contributed by atoms with E-state index in [0.29, 0.717) is 5.75 Å². The van der Waals surface area contributed by atoms with Crippen LogP contribution in [0.1, 0.15) is 57.1 Å². The van der Waals surface area contributed by atoms with Crippen LogP contribution in [0, 0.1) is 0 Å². The van der Waals surface area contributed by atoms with E-state index in [-0.39, 0.29) is 0 Å². The molecule has 0 saturated carbocycles. The molecule has 0 aliphatic carbocycles. The van der Waals surface area contributed by atoms with Gasteiger partial charge < -0.3 is 9.84 Å². The molecule has 0 spiro atoms. The Labute approximate surface area is 150 Å². The van der Waals surface area contributed by atoms with Gasteiger partial charge in [0.25, 0.3) is 0 Å². The molecule has 0 fully saturated rings. The first-order valence-corrected chi connectivity index (χ1v) is 9.28. The lowest BCUT2D eigenvalue weighted by atomic mass is 9.91. The largest absolute Gasteiger partial charge is 0.511 e. The molecule has 0 atom stereocenters. The van der Waals surface area contributed by atoms with Crippen LogP contribution in [0.3, 0.4) is 0 Å². The van der Waals surface area contributed by atoms with E-state index < -0.39 is 6.16 Å². The van der Waals surface area contributed by atoms with Gasteiger partial charge in [0.05, 0.1) is 0 Å². The normalized spacial score (nSPS) is 10.6. The van der Waals surface area contributed by atoms with Crippen LogP contribution in [0.4, 0.5) is 4.79 Å². The predicted molar refractivity (Wildman–Crippen MR) is 102 cm³/mol. The van der Waals surface area contributed by atoms with Gasteiger partial charge in [-0.2, -0.15) is 0 Å². The fourth-order valence-corrected chi connectivity index (χ4v) is 3.26. The predicted octanol–water partition coefficient (Wildman–Crippen LogP) is 6.49. The molecule has 0 amide bonds. The molecule has 0 aliphatic heterocycles. The summed E-state index contributed by atoms with van der Waals surface area (Å²) in [4.78, 5) is 11.1. The van der Waals surface area contributed by atoms with Gasteiger partial charge >= 0.3 is 6.16 Å². The van der Waals surface area contributed by atoms with Crippen molar-refractivity contribution in [3.63, 3.8) is 0 Å². The molecule has 2 aromatic carbocycles. The van der Waals surface area contributed by atoms with E-state index >= 15 is 0 Å². The molecule has 2 aromatic rings. The Bertz CT molecular complexity index is 691. The summed E-state index contributed by atoms with van der Waals surface area (Å²) in [6.07, 6.45) is 6.40. The van der Waals surface area contributed by atoms with E-state index in [1.807, 2.05) is 18.2 Å². The molecular formula is C22H28O3. The topological polar surface area (TPSA) is 46.5 Å². The molecule has 0 radical (unpaired) electrons. The summed E-state index contributed by atoms with van der Waals surface area (Å²) in [6.45, 7) is 4.34. The lowest BCUT2D eigenvalue weighted by Crippen LogP contribution is -2.06. The number of aryl methyl sites for hydroxylation is 1. The van der Waals surface area contributed by atoms with Crippen molar-refractivity contribution in [2.75, 3.05) is 0 Å². The fraction of sp³-hybridized carbons (Fsp3) is 0.409. The Morgan fingerprint density at radius 3 is 2.36 bits per heavy atom. The summed E-state index contributed by atoms with van der Waals surface area (Å²) in [6, 6.07) is 14.0. The minimum atomic E-state index is -1.26. The second kappa shape index (κ2) is 9.87. The van der Waals surface area contributed by atoms with Gasteiger partial charge in [0.1, 0.15) is 5.75 Å². The molecule has 0 aromatic heterocycles. The lowest BCUT2D eigenvalue weighted by molar-refractivity contribution is 0.144. The van der Waals surface area contributed by atoms with Crippen LogP contribution in [0.5, 0.6) is 5.75 Å². The summed E-state index contributed by atoms with van der Waals surface area (Å²) in [5.74, 6) is 0.464. The maximum Gasteiger partial charge on any atom is 0.511 e. The number of benzene rings is 2. The molecule has 1 N–H and O–H groups in total. The average molecular weight is 340 g/mol. The second-order valence-corrected chi connectivity index (χ2v) is 6.33. The molecule has 0 aliphatic rings. The highest BCUT2D eigenvalue weighted by atomic mass is 16.7. The molecule has 3 heteroatoms. The van der Waals surface area contributed by atoms with Gasteiger partial charge in [-0.25, -0.2) is 4.79 Å². The Kier molecular flexibility index (Phi) is 7.52. The van der Waals surface area contributed by atoms with Crippen LogP contribution in [0.25, 0.3) is 11.1 Å². The summed E-state index contributed by atoms with van der Waals surface area (Å²) in [5, 5.41) is 9.07. The Morgan fingerprint density at radius 1 is 0.920 bits per heavy atom. The fourth-order valence-electron chi connectivity index (χ4n) is 3.26. The zero-order chi connectivity index (χ0) is 18.1. The number of hydrogen-bond donors (Lipinski definition) is 1. The van der Waals surface area contributed by atoms with Crippen molar-refractivity contribution < 1.29 is 14.6 Å². The molecule has 0 unspecified atom stereocenters. The summed E-state index contributed by atoms with van der Waals surface area (Å²) < 4.78 is 5.08. The van der Waals surface area contributed by atoms with E-state index in [1.54, 1.807) is 6.07 Å². The van der Waals surface area contributed by atoms with Crippen LogP contribution in [-0.2, 0) is 12.8 Å². The maximum absolute atomic E-state index is 11.1. The minimum absolute atomic E-state index is 0.464. The molecular weight excluding hydrogens is 312 g/mol. The third kappa shape index (κ3) is 5.35. The quantitative estimate of drug-likeness (QED) is 0.322. The maximum atomic E-state index is 11.1. The monoisotopic (exact) mass is 340 g/mol. The van der Waals surface area contributed by atoms with Crippen molar-refractivity contribution in [3.8, 4) is 16.9 Å². The number of ether oxygens (including phenoxy) is 1. The zero-order valence-corrected chi connectivity index (χ0v) is 15.3. The number of hydrogen-bond acceptors (Lipinski definition) is 2. The van der Waals surface area contributed by atoms with Crippen molar-refractivity contribution >= 4 is 6.16 Å². The van der Waals surface area contributed by atoms with Crippen LogP contribution in [0.2, 0.25) is 0 Å². The van der Waals surface area contributed by atoms with Crippen LogP contribution >= 0.6 is 0 Å². The Morgan fingerprint density at radius 2 is 1.64 bits per heavy atom. The third-order valence-corrected chi connectivity index (χ3v) is 4.55.